The number of carbonyl (C=O) groups excluding carboxylic acids is 1. The summed E-state index contributed by atoms with van der Waals surface area (Å²) in [6.45, 7) is 1.91. The van der Waals surface area contributed by atoms with Gasteiger partial charge >= 0.3 is 0 Å². The Morgan fingerprint density at radius 2 is 2.00 bits per heavy atom. The van der Waals surface area contributed by atoms with Crippen molar-refractivity contribution < 1.29 is 6.22 Å². The molecule has 1 aromatic carbocycles. The van der Waals surface area contributed by atoms with Crippen LogP contribution >= 0.6 is 0 Å². The SMILES string of the molecule is CCC(=O)CCc1ccccc1.[HH]. The Bertz CT molecular complexity index is 244. The number of aryl methyl sites for hydroxylation is 1. The lowest BCUT2D eigenvalue weighted by Crippen LogP contribution is -1.97. The van der Waals surface area contributed by atoms with Crippen LogP contribution in [0.15, 0.2) is 30.3 Å². The van der Waals surface area contributed by atoms with Gasteiger partial charge in [-0.1, -0.05) is 37.3 Å². The first-order valence-electron chi connectivity index (χ1n) is 4.38. The summed E-state index contributed by atoms with van der Waals surface area (Å²) in [6, 6.07) is 10.1. The van der Waals surface area contributed by atoms with Crippen molar-refractivity contribution in [2.24, 2.45) is 0 Å². The van der Waals surface area contributed by atoms with Crippen LogP contribution in [0.1, 0.15) is 26.8 Å². The molecule has 0 fully saturated rings. The number of Topliss-reactive ketones (excluding diaryl/α,β-unsaturated/α-hetero) is 1. The van der Waals surface area contributed by atoms with Crippen molar-refractivity contribution in [1.29, 1.82) is 0 Å². The molecule has 1 aromatic rings. The zero-order valence-corrected chi connectivity index (χ0v) is 7.42. The second-order valence-electron chi connectivity index (χ2n) is 2.88. The van der Waals surface area contributed by atoms with Crippen LogP contribution in [0, 0.1) is 0 Å². The Kier molecular flexibility index (Phi) is 3.52. The Morgan fingerprint density at radius 3 is 2.58 bits per heavy atom. The Balaban J connectivity index is 0.00000144. The maximum Gasteiger partial charge on any atom is 0.132 e. The average Bonchev–Trinajstić information content (AvgIpc) is 2.16. The fourth-order valence-electron chi connectivity index (χ4n) is 1.11. The second kappa shape index (κ2) is 4.70. The van der Waals surface area contributed by atoms with Gasteiger partial charge in [-0.15, -0.1) is 0 Å². The minimum absolute atomic E-state index is 0. The zero-order valence-electron chi connectivity index (χ0n) is 7.42. The van der Waals surface area contributed by atoms with E-state index in [-0.39, 0.29) is 1.43 Å². The van der Waals surface area contributed by atoms with Crippen molar-refractivity contribution in [2.45, 2.75) is 26.2 Å². The summed E-state index contributed by atoms with van der Waals surface area (Å²) in [5.41, 5.74) is 1.25. The van der Waals surface area contributed by atoms with Gasteiger partial charge in [0.25, 0.3) is 0 Å². The summed E-state index contributed by atoms with van der Waals surface area (Å²) < 4.78 is 0. The summed E-state index contributed by atoms with van der Waals surface area (Å²) in [5, 5.41) is 0. The minimum Gasteiger partial charge on any atom is -0.300 e. The molecule has 0 aliphatic heterocycles. The summed E-state index contributed by atoms with van der Waals surface area (Å²) >= 11 is 0. The van der Waals surface area contributed by atoms with E-state index in [4.69, 9.17) is 0 Å². The van der Waals surface area contributed by atoms with E-state index in [0.717, 1.165) is 6.42 Å². The highest BCUT2D eigenvalue weighted by Crippen LogP contribution is 2.03. The summed E-state index contributed by atoms with van der Waals surface area (Å²) in [6.07, 6.45) is 2.22. The van der Waals surface area contributed by atoms with Crippen molar-refractivity contribution in [3.63, 3.8) is 0 Å². The quantitative estimate of drug-likeness (QED) is 0.668. The van der Waals surface area contributed by atoms with Gasteiger partial charge in [-0.25, -0.2) is 0 Å². The van der Waals surface area contributed by atoms with Crippen molar-refractivity contribution >= 4 is 5.78 Å². The maximum atomic E-state index is 11.0. The van der Waals surface area contributed by atoms with E-state index in [1.807, 2.05) is 25.1 Å². The molecule has 0 saturated heterocycles. The fourth-order valence-corrected chi connectivity index (χ4v) is 1.11. The van der Waals surface area contributed by atoms with Crippen LogP contribution in [0.5, 0.6) is 0 Å². The zero-order chi connectivity index (χ0) is 8.81. The van der Waals surface area contributed by atoms with E-state index in [0.29, 0.717) is 18.6 Å². The van der Waals surface area contributed by atoms with E-state index in [2.05, 4.69) is 12.1 Å². The molecular formula is C11H16O. The van der Waals surface area contributed by atoms with Gasteiger partial charge in [0.2, 0.25) is 0 Å². The van der Waals surface area contributed by atoms with Gasteiger partial charge in [0.1, 0.15) is 5.78 Å². The molecule has 1 heteroatoms. The number of hydrogen-bond acceptors (Lipinski definition) is 1. The van der Waals surface area contributed by atoms with Crippen LogP contribution in [0.2, 0.25) is 0 Å². The molecule has 0 aliphatic carbocycles. The van der Waals surface area contributed by atoms with E-state index >= 15 is 0 Å². The van der Waals surface area contributed by atoms with Gasteiger partial charge in [-0.2, -0.15) is 0 Å². The van der Waals surface area contributed by atoms with Crippen molar-refractivity contribution in [3.05, 3.63) is 35.9 Å². The molecule has 0 aliphatic rings. The van der Waals surface area contributed by atoms with Gasteiger partial charge in [-0.05, 0) is 12.0 Å². The predicted molar refractivity (Wildman–Crippen MR) is 52.2 cm³/mol. The van der Waals surface area contributed by atoms with Gasteiger partial charge in [0.05, 0.1) is 0 Å². The Labute approximate surface area is 74.9 Å². The molecule has 0 N–H and O–H groups in total. The van der Waals surface area contributed by atoms with Crippen LogP contribution in [0.3, 0.4) is 0 Å². The van der Waals surface area contributed by atoms with Gasteiger partial charge in [0, 0.05) is 14.3 Å². The predicted octanol–water partition coefficient (Wildman–Crippen LogP) is 2.84. The molecule has 12 heavy (non-hydrogen) atoms. The molecule has 1 rings (SSSR count). The first-order valence-corrected chi connectivity index (χ1v) is 4.38. The highest BCUT2D eigenvalue weighted by Gasteiger charge is 1.98. The van der Waals surface area contributed by atoms with Crippen LogP contribution in [-0.4, -0.2) is 5.78 Å². The lowest BCUT2D eigenvalue weighted by atomic mass is 10.1. The largest absolute Gasteiger partial charge is 0.300 e. The number of hydrogen-bond donors (Lipinski definition) is 0. The highest BCUT2D eigenvalue weighted by molar-refractivity contribution is 5.78. The van der Waals surface area contributed by atoms with Crippen LogP contribution in [-0.2, 0) is 11.2 Å². The molecule has 0 heterocycles. The normalized spacial score (nSPS) is 9.75. The molecule has 0 saturated carbocycles. The maximum absolute atomic E-state index is 11.0. The van der Waals surface area contributed by atoms with Gasteiger partial charge in [-0.3, -0.25) is 4.79 Å². The first kappa shape index (κ1) is 8.98. The molecule has 1 nitrogen and oxygen atoms in total. The minimum atomic E-state index is 0. The number of ketones is 1. The monoisotopic (exact) mass is 164 g/mol. The van der Waals surface area contributed by atoms with Gasteiger partial charge in [0.15, 0.2) is 0 Å². The van der Waals surface area contributed by atoms with E-state index in [1.54, 1.807) is 0 Å². The summed E-state index contributed by atoms with van der Waals surface area (Å²) in [5.74, 6) is 0.346. The Morgan fingerprint density at radius 1 is 1.33 bits per heavy atom. The lowest BCUT2D eigenvalue weighted by Gasteiger charge is -1.98. The molecule has 0 radical (unpaired) electrons. The molecule has 66 valence electrons. The average molecular weight is 164 g/mol. The summed E-state index contributed by atoms with van der Waals surface area (Å²) in [7, 11) is 0. The van der Waals surface area contributed by atoms with Crippen molar-refractivity contribution in [1.82, 2.24) is 0 Å². The highest BCUT2D eigenvalue weighted by atomic mass is 16.1. The smallest absolute Gasteiger partial charge is 0.132 e. The summed E-state index contributed by atoms with van der Waals surface area (Å²) in [4.78, 5) is 11.0. The third-order valence-corrected chi connectivity index (χ3v) is 1.93. The fraction of sp³-hybridized carbons (Fsp3) is 0.364. The molecule has 0 atom stereocenters. The number of benzene rings is 1. The third kappa shape index (κ3) is 2.87. The van der Waals surface area contributed by atoms with E-state index < -0.39 is 0 Å². The Hall–Kier alpha value is -1.11. The number of carbonyl (C=O) groups is 1. The molecule has 0 aromatic heterocycles. The van der Waals surface area contributed by atoms with Gasteiger partial charge < -0.3 is 0 Å². The van der Waals surface area contributed by atoms with E-state index in [9.17, 15) is 4.79 Å². The lowest BCUT2D eigenvalue weighted by molar-refractivity contribution is -0.118. The van der Waals surface area contributed by atoms with Crippen LogP contribution in [0.25, 0.3) is 0 Å². The number of rotatable bonds is 4. The van der Waals surface area contributed by atoms with Crippen LogP contribution in [0.4, 0.5) is 0 Å². The molecule has 0 amide bonds. The van der Waals surface area contributed by atoms with Crippen molar-refractivity contribution in [3.8, 4) is 0 Å². The standard InChI is InChI=1S/C11H14O.H2/c1-2-11(12)9-8-10-6-4-3-5-7-10;/h3-7H,2,8-9H2,1H3;1H. The molecule has 0 spiro atoms. The third-order valence-electron chi connectivity index (χ3n) is 1.93. The van der Waals surface area contributed by atoms with Crippen molar-refractivity contribution in [2.75, 3.05) is 0 Å². The molecular weight excluding hydrogens is 148 g/mol. The first-order chi connectivity index (χ1) is 5.83. The molecule has 0 unspecified atom stereocenters. The molecule has 0 bridgehead atoms. The second-order valence-corrected chi connectivity index (χ2v) is 2.88. The van der Waals surface area contributed by atoms with Crippen LogP contribution < -0.4 is 0 Å². The van der Waals surface area contributed by atoms with E-state index in [1.165, 1.54) is 5.56 Å². The topological polar surface area (TPSA) is 17.1 Å².